The molecule has 0 spiro atoms. The van der Waals surface area contributed by atoms with Crippen molar-refractivity contribution in [1.29, 1.82) is 0 Å². The summed E-state index contributed by atoms with van der Waals surface area (Å²) in [7, 11) is 0. The predicted octanol–water partition coefficient (Wildman–Crippen LogP) is 0.821. The third kappa shape index (κ3) is 3.54. The van der Waals surface area contributed by atoms with Gasteiger partial charge in [-0.2, -0.15) is 4.52 Å². The van der Waals surface area contributed by atoms with Crippen molar-refractivity contribution in [3.05, 3.63) is 46.1 Å². The monoisotopic (exact) mass is 401 g/mol. The summed E-state index contributed by atoms with van der Waals surface area (Å²) in [6.07, 6.45) is 0. The summed E-state index contributed by atoms with van der Waals surface area (Å²) in [5.41, 5.74) is 2.61. The van der Waals surface area contributed by atoms with E-state index in [0.717, 1.165) is 22.9 Å². The predicted molar refractivity (Wildman–Crippen MR) is 112 cm³/mol. The lowest BCUT2D eigenvalue weighted by Gasteiger charge is -2.34. The van der Waals surface area contributed by atoms with Gasteiger partial charge in [0.2, 0.25) is 10.8 Å². The smallest absolute Gasteiger partial charge is 0.235 e. The van der Waals surface area contributed by atoms with Crippen LogP contribution in [0.1, 0.15) is 54.6 Å². The largest absolute Gasteiger partial charge is 0.492 e. The molecule has 0 saturated carbocycles. The van der Waals surface area contributed by atoms with Crippen LogP contribution in [0.3, 0.4) is 0 Å². The molecule has 0 aliphatic carbocycles. The van der Waals surface area contributed by atoms with Gasteiger partial charge in [0.15, 0.2) is 6.04 Å². The fraction of sp³-hybridized carbons (Fsp3) is 0.524. The van der Waals surface area contributed by atoms with Crippen LogP contribution in [0.15, 0.2) is 24.3 Å². The van der Waals surface area contributed by atoms with E-state index < -0.39 is 0 Å². The van der Waals surface area contributed by atoms with E-state index in [9.17, 15) is 5.11 Å². The highest BCUT2D eigenvalue weighted by Gasteiger charge is 2.35. The van der Waals surface area contributed by atoms with Crippen molar-refractivity contribution in [2.45, 2.75) is 39.7 Å². The molecule has 2 aromatic heterocycles. The van der Waals surface area contributed by atoms with Crippen LogP contribution >= 0.6 is 11.3 Å². The third-order valence-electron chi connectivity index (χ3n) is 6.01. The lowest BCUT2D eigenvalue weighted by atomic mass is 9.97. The van der Waals surface area contributed by atoms with Crippen LogP contribution < -0.4 is 9.80 Å². The number of nitrogens with zero attached hydrogens (tertiary/aromatic N) is 3. The molecule has 3 aromatic rings. The van der Waals surface area contributed by atoms with Crippen LogP contribution in [0.2, 0.25) is 0 Å². The van der Waals surface area contributed by atoms with E-state index in [2.05, 4.69) is 55.1 Å². The van der Waals surface area contributed by atoms with E-state index in [-0.39, 0.29) is 11.9 Å². The number of likely N-dealkylation sites (N-methyl/N-ethyl adjacent to an activating group) is 1. The maximum Gasteiger partial charge on any atom is 0.235 e. The number of nitrogens with one attached hydrogen (secondary N) is 2. The second-order valence-corrected chi connectivity index (χ2v) is 9.17. The second kappa shape index (κ2) is 7.81. The Hall–Kier alpha value is -1.96. The summed E-state index contributed by atoms with van der Waals surface area (Å²) in [5, 5.41) is 15.3. The SMILES string of the molecule is CC[NH+]1CC[NH+]([C@H](c2ccc(C(C)C)cc2)c2sc3nc(C)nn3c2O)CC1. The molecule has 1 aliphatic rings. The molecule has 4 rings (SSSR count). The summed E-state index contributed by atoms with van der Waals surface area (Å²) in [6.45, 7) is 14.3. The van der Waals surface area contributed by atoms with E-state index in [1.54, 1.807) is 20.8 Å². The number of quaternary nitrogens is 2. The molecular weight excluding hydrogens is 370 g/mol. The fourth-order valence-corrected chi connectivity index (χ4v) is 5.44. The normalized spacial score (nSPS) is 21.5. The average molecular weight is 402 g/mol. The molecule has 150 valence electrons. The Morgan fingerprint density at radius 3 is 2.32 bits per heavy atom. The van der Waals surface area contributed by atoms with Gasteiger partial charge in [-0.3, -0.25) is 0 Å². The van der Waals surface area contributed by atoms with E-state index in [4.69, 9.17) is 0 Å². The van der Waals surface area contributed by atoms with Crippen molar-refractivity contribution in [3.8, 4) is 5.88 Å². The first-order valence-corrected chi connectivity index (χ1v) is 11.1. The Bertz CT molecular complexity index is 938. The molecule has 28 heavy (non-hydrogen) atoms. The maximum atomic E-state index is 11.0. The lowest BCUT2D eigenvalue weighted by molar-refractivity contribution is -1.02. The number of aromatic hydroxyl groups is 1. The van der Waals surface area contributed by atoms with Crippen LogP contribution in [0.4, 0.5) is 0 Å². The standard InChI is InChI=1S/C21H29N5OS/c1-5-24-10-12-25(13-11-24)18(17-8-6-16(7-9-17)14(2)3)19-20(27)26-21(28-19)22-15(4)23-26/h6-9,14,18,27H,5,10-13H2,1-4H3/p+2/t18-/m1/s1. The number of rotatable bonds is 5. The number of benzene rings is 1. The maximum absolute atomic E-state index is 11.0. The van der Waals surface area contributed by atoms with E-state index >= 15 is 0 Å². The highest BCUT2D eigenvalue weighted by atomic mass is 32.1. The first-order valence-electron chi connectivity index (χ1n) is 10.3. The molecule has 1 aliphatic heterocycles. The van der Waals surface area contributed by atoms with Gasteiger partial charge in [0.05, 0.1) is 6.54 Å². The summed E-state index contributed by atoms with van der Waals surface area (Å²) < 4.78 is 1.60. The molecule has 0 unspecified atom stereocenters. The number of hydrogen-bond acceptors (Lipinski definition) is 4. The topological polar surface area (TPSA) is 59.3 Å². The zero-order chi connectivity index (χ0) is 19.8. The third-order valence-corrected chi connectivity index (χ3v) is 7.10. The van der Waals surface area contributed by atoms with E-state index in [0.29, 0.717) is 11.7 Å². The van der Waals surface area contributed by atoms with E-state index in [1.165, 1.54) is 35.7 Å². The number of hydrogen-bond donors (Lipinski definition) is 3. The highest BCUT2D eigenvalue weighted by molar-refractivity contribution is 7.17. The van der Waals surface area contributed by atoms with Gasteiger partial charge >= 0.3 is 0 Å². The molecule has 0 amide bonds. The molecule has 1 saturated heterocycles. The van der Waals surface area contributed by atoms with E-state index in [1.807, 2.05) is 6.92 Å². The summed E-state index contributed by atoms with van der Waals surface area (Å²) in [4.78, 5) is 9.41. The van der Waals surface area contributed by atoms with Crippen LogP contribution in [0, 0.1) is 6.92 Å². The molecule has 1 aromatic carbocycles. The van der Waals surface area contributed by atoms with Gasteiger partial charge in [-0.1, -0.05) is 49.4 Å². The summed E-state index contributed by atoms with van der Waals surface area (Å²) >= 11 is 1.57. The van der Waals surface area contributed by atoms with Gasteiger partial charge in [0.1, 0.15) is 36.9 Å². The molecule has 1 atom stereocenters. The minimum Gasteiger partial charge on any atom is -0.492 e. The molecule has 7 heteroatoms. The molecule has 3 N–H and O–H groups in total. The number of thiazole rings is 1. The van der Waals surface area contributed by atoms with Crippen LogP contribution in [0.5, 0.6) is 5.88 Å². The summed E-state index contributed by atoms with van der Waals surface area (Å²) in [5.74, 6) is 1.46. The van der Waals surface area contributed by atoms with Crippen LogP contribution in [-0.2, 0) is 0 Å². The van der Waals surface area contributed by atoms with Crippen molar-refractivity contribution in [3.63, 3.8) is 0 Å². The minimum atomic E-state index is 0.119. The molecule has 6 nitrogen and oxygen atoms in total. The Morgan fingerprint density at radius 1 is 1.11 bits per heavy atom. The van der Waals surface area contributed by atoms with Gasteiger partial charge in [-0.15, -0.1) is 5.10 Å². The van der Waals surface area contributed by atoms with Gasteiger partial charge in [0.25, 0.3) is 0 Å². The van der Waals surface area contributed by atoms with Gasteiger partial charge in [-0.25, -0.2) is 4.98 Å². The summed E-state index contributed by atoms with van der Waals surface area (Å²) in [6, 6.07) is 9.07. The van der Waals surface area contributed by atoms with Gasteiger partial charge < -0.3 is 14.9 Å². The first-order chi connectivity index (χ1) is 13.5. The first kappa shape index (κ1) is 19.4. The number of aryl methyl sites for hydroxylation is 1. The van der Waals surface area contributed by atoms with Crippen molar-refractivity contribution >= 4 is 16.3 Å². The van der Waals surface area contributed by atoms with Crippen LogP contribution in [0.25, 0.3) is 4.96 Å². The Labute approximate surface area is 170 Å². The number of piperazine rings is 1. The number of fused-ring (bicyclic) bond motifs is 1. The minimum absolute atomic E-state index is 0.119. The zero-order valence-electron chi connectivity index (χ0n) is 17.2. The molecule has 1 fully saturated rings. The van der Waals surface area contributed by atoms with Crippen molar-refractivity contribution < 1.29 is 14.9 Å². The highest BCUT2D eigenvalue weighted by Crippen LogP contribution is 2.35. The molecule has 0 bridgehead atoms. The Morgan fingerprint density at radius 2 is 1.75 bits per heavy atom. The van der Waals surface area contributed by atoms with Crippen molar-refractivity contribution in [2.75, 3.05) is 32.7 Å². The number of aromatic nitrogens is 3. The molecular formula is C21H31N5OS+2. The Kier molecular flexibility index (Phi) is 5.40. The van der Waals surface area contributed by atoms with Crippen molar-refractivity contribution in [1.82, 2.24) is 14.6 Å². The molecule has 0 radical (unpaired) electrons. The van der Waals surface area contributed by atoms with Crippen molar-refractivity contribution in [2.24, 2.45) is 0 Å². The average Bonchev–Trinajstić information content (AvgIpc) is 3.20. The lowest BCUT2D eigenvalue weighted by Crippen LogP contribution is -3.28. The fourth-order valence-electron chi connectivity index (χ4n) is 4.25. The molecule has 3 heterocycles. The van der Waals surface area contributed by atoms with Crippen LogP contribution in [-0.4, -0.2) is 52.4 Å². The quantitative estimate of drug-likeness (QED) is 0.593. The van der Waals surface area contributed by atoms with Gasteiger partial charge in [-0.05, 0) is 25.3 Å². The zero-order valence-corrected chi connectivity index (χ0v) is 18.0. The second-order valence-electron chi connectivity index (χ2n) is 8.16. The van der Waals surface area contributed by atoms with Gasteiger partial charge in [0, 0.05) is 5.56 Å². The Balaban J connectivity index is 1.74.